The van der Waals surface area contributed by atoms with E-state index in [-0.39, 0.29) is 16.7 Å². The Balaban J connectivity index is 2.43. The normalized spacial score (nSPS) is 20.8. The van der Waals surface area contributed by atoms with Crippen LogP contribution in [0.25, 0.3) is 0 Å². The summed E-state index contributed by atoms with van der Waals surface area (Å²) in [6.45, 7) is 6.44. The van der Waals surface area contributed by atoms with E-state index in [9.17, 15) is 13.2 Å². The van der Waals surface area contributed by atoms with Crippen molar-refractivity contribution in [3.05, 3.63) is 30.3 Å². The molecule has 0 bridgehead atoms. The maximum atomic E-state index is 12.9. The van der Waals surface area contributed by atoms with Crippen molar-refractivity contribution in [3.63, 3.8) is 0 Å². The molecule has 0 spiro atoms. The van der Waals surface area contributed by atoms with Crippen molar-refractivity contribution in [2.45, 2.75) is 38.3 Å². The molecule has 1 aromatic rings. The summed E-state index contributed by atoms with van der Waals surface area (Å²) < 4.78 is 27.2. The Hall–Kier alpha value is -1.40. The average Bonchev–Trinajstić information content (AvgIpc) is 2.47. The number of nitrogens with zero attached hydrogens (tertiary/aromatic N) is 2. The summed E-state index contributed by atoms with van der Waals surface area (Å²) in [6, 6.07) is 8.41. The highest BCUT2D eigenvalue weighted by atomic mass is 32.2. The van der Waals surface area contributed by atoms with Gasteiger partial charge in [-0.25, -0.2) is 8.42 Å². The zero-order valence-electron chi connectivity index (χ0n) is 12.7. The summed E-state index contributed by atoms with van der Waals surface area (Å²) in [6.07, 6.45) is 0.246. The van der Waals surface area contributed by atoms with Crippen LogP contribution >= 0.6 is 0 Å². The number of carbonyl (C=O) groups is 1. The fourth-order valence-electron chi connectivity index (χ4n) is 2.84. The van der Waals surface area contributed by atoms with Crippen molar-refractivity contribution in [2.75, 3.05) is 13.1 Å². The van der Waals surface area contributed by atoms with Crippen LogP contribution in [0, 0.1) is 5.92 Å². The van der Waals surface area contributed by atoms with E-state index in [4.69, 9.17) is 0 Å². The maximum absolute atomic E-state index is 12.9. The molecule has 1 fully saturated rings. The number of amides is 1. The lowest BCUT2D eigenvalue weighted by molar-refractivity contribution is -0.137. The Bertz CT molecular complexity index is 599. The smallest absolute Gasteiger partial charge is 0.244 e. The zero-order valence-corrected chi connectivity index (χ0v) is 13.5. The minimum absolute atomic E-state index is 0.0349. The van der Waals surface area contributed by atoms with E-state index in [1.807, 2.05) is 13.8 Å². The topological polar surface area (TPSA) is 57.7 Å². The number of hydrogen-bond donors (Lipinski definition) is 0. The molecular weight excluding hydrogens is 288 g/mol. The van der Waals surface area contributed by atoms with E-state index in [0.717, 1.165) is 0 Å². The summed E-state index contributed by atoms with van der Waals surface area (Å²) in [5.74, 6) is -0.0469. The Morgan fingerprint density at radius 3 is 2.33 bits per heavy atom. The molecule has 116 valence electrons. The van der Waals surface area contributed by atoms with Crippen molar-refractivity contribution in [3.8, 4) is 0 Å². The number of carbonyl (C=O) groups excluding carboxylic acids is 1. The van der Waals surface area contributed by atoms with Gasteiger partial charge in [0.15, 0.2) is 0 Å². The monoisotopic (exact) mass is 310 g/mol. The second-order valence-corrected chi connectivity index (χ2v) is 7.54. The Kier molecular flexibility index (Phi) is 4.68. The minimum atomic E-state index is -3.58. The third-order valence-electron chi connectivity index (χ3n) is 3.74. The van der Waals surface area contributed by atoms with Crippen LogP contribution in [0.2, 0.25) is 0 Å². The zero-order chi connectivity index (χ0) is 15.6. The molecule has 1 atom stereocenters. The predicted octanol–water partition coefficient (Wildman–Crippen LogP) is 1.91. The van der Waals surface area contributed by atoms with Gasteiger partial charge in [-0.3, -0.25) is 4.79 Å². The molecule has 0 N–H and O–H groups in total. The SMILES string of the molecule is CC(=O)N1CCCN(S(=O)(=O)c2ccccc2)C1C(C)C. The summed E-state index contributed by atoms with van der Waals surface area (Å²) in [4.78, 5) is 13.8. The Morgan fingerprint density at radius 1 is 1.19 bits per heavy atom. The molecule has 1 aromatic carbocycles. The first-order valence-electron chi connectivity index (χ1n) is 7.20. The van der Waals surface area contributed by atoms with E-state index in [1.54, 1.807) is 35.2 Å². The average molecular weight is 310 g/mol. The van der Waals surface area contributed by atoms with Crippen LogP contribution in [0.3, 0.4) is 0 Å². The summed E-state index contributed by atoms with van der Waals surface area (Å²) in [5.41, 5.74) is 0. The predicted molar refractivity (Wildman–Crippen MR) is 81.0 cm³/mol. The van der Waals surface area contributed by atoms with Gasteiger partial charge in [0.05, 0.1) is 4.90 Å². The fraction of sp³-hybridized carbons (Fsp3) is 0.533. The van der Waals surface area contributed by atoms with Crippen LogP contribution in [0.5, 0.6) is 0 Å². The van der Waals surface area contributed by atoms with E-state index in [1.165, 1.54) is 11.2 Å². The van der Waals surface area contributed by atoms with E-state index >= 15 is 0 Å². The van der Waals surface area contributed by atoms with Crippen LogP contribution < -0.4 is 0 Å². The van der Waals surface area contributed by atoms with Gasteiger partial charge in [-0.05, 0) is 24.5 Å². The van der Waals surface area contributed by atoms with Crippen molar-refractivity contribution in [1.82, 2.24) is 9.21 Å². The van der Waals surface area contributed by atoms with Crippen molar-refractivity contribution >= 4 is 15.9 Å². The molecule has 21 heavy (non-hydrogen) atoms. The largest absolute Gasteiger partial charge is 0.326 e. The van der Waals surface area contributed by atoms with Gasteiger partial charge in [0.2, 0.25) is 15.9 Å². The fourth-order valence-corrected chi connectivity index (χ4v) is 4.63. The van der Waals surface area contributed by atoms with Crippen LogP contribution in [0.4, 0.5) is 0 Å². The van der Waals surface area contributed by atoms with Gasteiger partial charge in [0.25, 0.3) is 0 Å². The summed E-state index contributed by atoms with van der Waals surface area (Å²) in [5, 5.41) is 0. The molecule has 2 rings (SSSR count). The van der Waals surface area contributed by atoms with Crippen LogP contribution in [0.15, 0.2) is 35.2 Å². The Labute approximate surface area is 126 Å². The standard InChI is InChI=1S/C15H22N2O3S/c1-12(2)15-16(13(3)18)10-7-11-17(15)21(19,20)14-8-5-4-6-9-14/h4-6,8-9,12,15H,7,10-11H2,1-3H3. The molecule has 1 aliphatic rings. The van der Waals surface area contributed by atoms with Crippen LogP contribution in [-0.4, -0.2) is 42.8 Å². The lowest BCUT2D eigenvalue weighted by Crippen LogP contribution is -2.59. The maximum Gasteiger partial charge on any atom is 0.244 e. The minimum Gasteiger partial charge on any atom is -0.326 e. The molecule has 0 aliphatic carbocycles. The summed E-state index contributed by atoms with van der Waals surface area (Å²) >= 11 is 0. The number of sulfonamides is 1. The van der Waals surface area contributed by atoms with Gasteiger partial charge in [-0.15, -0.1) is 0 Å². The number of rotatable bonds is 3. The van der Waals surface area contributed by atoms with E-state index < -0.39 is 16.2 Å². The molecule has 0 radical (unpaired) electrons. The highest BCUT2D eigenvalue weighted by Crippen LogP contribution is 2.27. The van der Waals surface area contributed by atoms with Crippen LogP contribution in [0.1, 0.15) is 27.2 Å². The third kappa shape index (κ3) is 3.11. The van der Waals surface area contributed by atoms with Crippen molar-refractivity contribution in [2.24, 2.45) is 5.92 Å². The third-order valence-corrected chi connectivity index (χ3v) is 5.63. The highest BCUT2D eigenvalue weighted by Gasteiger charge is 2.40. The molecule has 6 heteroatoms. The van der Waals surface area contributed by atoms with E-state index in [0.29, 0.717) is 19.5 Å². The molecule has 5 nitrogen and oxygen atoms in total. The second kappa shape index (κ2) is 6.15. The first-order chi connectivity index (χ1) is 9.85. The van der Waals surface area contributed by atoms with E-state index in [2.05, 4.69) is 0 Å². The Morgan fingerprint density at radius 2 is 1.81 bits per heavy atom. The van der Waals surface area contributed by atoms with Gasteiger partial charge in [0.1, 0.15) is 6.17 Å². The quantitative estimate of drug-likeness (QED) is 0.857. The van der Waals surface area contributed by atoms with Gasteiger partial charge in [-0.2, -0.15) is 4.31 Å². The molecule has 1 aliphatic heterocycles. The second-order valence-electron chi connectivity index (χ2n) is 5.65. The molecule has 0 saturated carbocycles. The first-order valence-corrected chi connectivity index (χ1v) is 8.64. The van der Waals surface area contributed by atoms with Crippen LogP contribution in [-0.2, 0) is 14.8 Å². The number of benzene rings is 1. The summed E-state index contributed by atoms with van der Waals surface area (Å²) in [7, 11) is -3.58. The molecule has 0 aromatic heterocycles. The molecule has 1 unspecified atom stereocenters. The number of hydrogen-bond acceptors (Lipinski definition) is 3. The lowest BCUT2D eigenvalue weighted by Gasteiger charge is -2.44. The van der Waals surface area contributed by atoms with Gasteiger partial charge in [0, 0.05) is 20.0 Å². The highest BCUT2D eigenvalue weighted by molar-refractivity contribution is 7.89. The lowest BCUT2D eigenvalue weighted by atomic mass is 10.1. The van der Waals surface area contributed by atoms with Gasteiger partial charge >= 0.3 is 0 Å². The van der Waals surface area contributed by atoms with Gasteiger partial charge in [-0.1, -0.05) is 32.0 Å². The van der Waals surface area contributed by atoms with Gasteiger partial charge < -0.3 is 4.90 Å². The molecule has 1 heterocycles. The molecule has 1 amide bonds. The first kappa shape index (κ1) is 16.0. The van der Waals surface area contributed by atoms with Crippen molar-refractivity contribution < 1.29 is 13.2 Å². The van der Waals surface area contributed by atoms with Crippen molar-refractivity contribution in [1.29, 1.82) is 0 Å². The molecular formula is C15H22N2O3S. The molecule has 1 saturated heterocycles.